The van der Waals surface area contributed by atoms with Crippen molar-refractivity contribution >= 4 is 0 Å². The van der Waals surface area contributed by atoms with E-state index in [1.807, 2.05) is 20.8 Å². The maximum atomic E-state index is 14.1. The summed E-state index contributed by atoms with van der Waals surface area (Å²) in [4.78, 5) is 0. The van der Waals surface area contributed by atoms with Crippen molar-refractivity contribution < 1.29 is 22.3 Å². The van der Waals surface area contributed by atoms with Crippen LogP contribution in [0.25, 0.3) is 0 Å². The van der Waals surface area contributed by atoms with Crippen molar-refractivity contribution in [1.29, 1.82) is 0 Å². The van der Waals surface area contributed by atoms with E-state index in [9.17, 15) is 17.6 Å². The third-order valence-electron chi connectivity index (χ3n) is 3.19. The molecule has 2 aromatic carbocycles. The van der Waals surface area contributed by atoms with Crippen molar-refractivity contribution in [3.05, 3.63) is 59.2 Å². The minimum absolute atomic E-state index is 0.0425. The SMILES string of the molecule is CC(C)(C)c1cc(F)c(Oc2cccc(C(F)F)c2)c(F)c1. The van der Waals surface area contributed by atoms with Gasteiger partial charge in [-0.2, -0.15) is 0 Å². The van der Waals surface area contributed by atoms with Crippen molar-refractivity contribution in [2.24, 2.45) is 0 Å². The van der Waals surface area contributed by atoms with Crippen LogP contribution in [0.2, 0.25) is 0 Å². The number of hydrogen-bond acceptors (Lipinski definition) is 1. The van der Waals surface area contributed by atoms with Gasteiger partial charge in [-0.15, -0.1) is 0 Å². The summed E-state index contributed by atoms with van der Waals surface area (Å²) in [6.07, 6.45) is -2.68. The Hall–Kier alpha value is -2.04. The van der Waals surface area contributed by atoms with Gasteiger partial charge in [-0.05, 0) is 35.2 Å². The van der Waals surface area contributed by atoms with Crippen molar-refractivity contribution in [2.75, 3.05) is 0 Å². The van der Waals surface area contributed by atoms with E-state index in [4.69, 9.17) is 4.74 Å². The molecule has 118 valence electrons. The molecule has 0 N–H and O–H groups in total. The topological polar surface area (TPSA) is 9.23 Å². The molecule has 0 heterocycles. The maximum absolute atomic E-state index is 14.1. The first-order valence-electron chi connectivity index (χ1n) is 6.74. The lowest BCUT2D eigenvalue weighted by molar-refractivity contribution is 0.151. The molecule has 2 aromatic rings. The molecule has 0 spiro atoms. The van der Waals surface area contributed by atoms with E-state index in [0.29, 0.717) is 5.56 Å². The molecule has 0 fully saturated rings. The molecule has 0 aliphatic heterocycles. The smallest absolute Gasteiger partial charge is 0.263 e. The standard InChI is InChI=1S/C17H16F4O/c1-17(2,3)11-8-13(18)15(14(19)9-11)22-12-6-4-5-10(7-12)16(20)21/h4-9,16H,1-3H3. The van der Waals surface area contributed by atoms with Gasteiger partial charge in [0.05, 0.1) is 0 Å². The Morgan fingerprint density at radius 3 is 2.05 bits per heavy atom. The first kappa shape index (κ1) is 16.3. The molecule has 22 heavy (non-hydrogen) atoms. The molecule has 2 rings (SSSR count). The summed E-state index contributed by atoms with van der Waals surface area (Å²) in [6, 6.07) is 7.36. The second kappa shape index (κ2) is 5.99. The molecule has 0 amide bonds. The lowest BCUT2D eigenvalue weighted by Gasteiger charge is -2.20. The Morgan fingerprint density at radius 1 is 0.955 bits per heavy atom. The third kappa shape index (κ3) is 3.59. The summed E-state index contributed by atoms with van der Waals surface area (Å²) in [6.45, 7) is 5.48. The average molecular weight is 312 g/mol. The van der Waals surface area contributed by atoms with Crippen LogP contribution in [0.4, 0.5) is 17.6 Å². The predicted octanol–water partition coefficient (Wildman–Crippen LogP) is 5.99. The Morgan fingerprint density at radius 2 is 1.55 bits per heavy atom. The summed E-state index contributed by atoms with van der Waals surface area (Å²) < 4.78 is 58.5. The van der Waals surface area contributed by atoms with E-state index in [0.717, 1.165) is 6.07 Å². The van der Waals surface area contributed by atoms with Gasteiger partial charge in [-0.1, -0.05) is 32.9 Å². The molecular formula is C17H16F4O. The molecule has 0 saturated heterocycles. The first-order chi connectivity index (χ1) is 10.2. The van der Waals surface area contributed by atoms with Crippen molar-refractivity contribution in [2.45, 2.75) is 32.6 Å². The normalized spacial score (nSPS) is 11.8. The molecule has 5 heteroatoms. The molecule has 0 aliphatic rings. The minimum Gasteiger partial charge on any atom is -0.451 e. The summed E-state index contributed by atoms with van der Waals surface area (Å²) in [5.74, 6) is -2.38. The van der Waals surface area contributed by atoms with Crippen LogP contribution >= 0.6 is 0 Å². The van der Waals surface area contributed by atoms with Gasteiger partial charge in [-0.3, -0.25) is 0 Å². The molecule has 0 bridgehead atoms. The second-order valence-corrected chi connectivity index (χ2v) is 5.99. The van der Waals surface area contributed by atoms with Crippen LogP contribution in [0.5, 0.6) is 11.5 Å². The number of alkyl halides is 2. The fraction of sp³-hybridized carbons (Fsp3) is 0.294. The fourth-order valence-electron chi connectivity index (χ4n) is 1.92. The lowest BCUT2D eigenvalue weighted by atomic mass is 9.87. The van der Waals surface area contributed by atoms with Crippen molar-refractivity contribution in [3.8, 4) is 11.5 Å². The zero-order valence-corrected chi connectivity index (χ0v) is 12.5. The Bertz CT molecular complexity index is 652. The number of hydrogen-bond donors (Lipinski definition) is 0. The van der Waals surface area contributed by atoms with Gasteiger partial charge in [-0.25, -0.2) is 17.6 Å². The Labute approximate surface area is 126 Å². The highest BCUT2D eigenvalue weighted by atomic mass is 19.3. The predicted molar refractivity (Wildman–Crippen MR) is 76.5 cm³/mol. The van der Waals surface area contributed by atoms with Crippen LogP contribution in [0, 0.1) is 11.6 Å². The van der Waals surface area contributed by atoms with E-state index in [-0.39, 0.29) is 11.3 Å². The summed E-state index contributed by atoms with van der Waals surface area (Å²) in [7, 11) is 0. The van der Waals surface area contributed by atoms with Gasteiger partial charge in [0.25, 0.3) is 6.43 Å². The minimum atomic E-state index is -2.68. The summed E-state index contributed by atoms with van der Waals surface area (Å²) in [5.41, 5.74) is -0.212. The van der Waals surface area contributed by atoms with Crippen LogP contribution in [0.15, 0.2) is 36.4 Å². The van der Waals surface area contributed by atoms with E-state index >= 15 is 0 Å². The maximum Gasteiger partial charge on any atom is 0.263 e. The van der Waals surface area contributed by atoms with Gasteiger partial charge in [0.1, 0.15) is 5.75 Å². The summed E-state index contributed by atoms with van der Waals surface area (Å²) in [5, 5.41) is 0. The number of ether oxygens (including phenoxy) is 1. The molecule has 1 nitrogen and oxygen atoms in total. The van der Waals surface area contributed by atoms with E-state index in [1.165, 1.54) is 30.3 Å². The van der Waals surface area contributed by atoms with Crippen LogP contribution in [0.3, 0.4) is 0 Å². The fourth-order valence-corrected chi connectivity index (χ4v) is 1.92. The average Bonchev–Trinajstić information content (AvgIpc) is 2.42. The van der Waals surface area contributed by atoms with Gasteiger partial charge in [0.15, 0.2) is 17.4 Å². The first-order valence-corrected chi connectivity index (χ1v) is 6.74. The van der Waals surface area contributed by atoms with Crippen molar-refractivity contribution in [3.63, 3.8) is 0 Å². The quantitative estimate of drug-likeness (QED) is 0.632. The Kier molecular flexibility index (Phi) is 4.44. The molecule has 0 aromatic heterocycles. The van der Waals surface area contributed by atoms with E-state index < -0.39 is 29.2 Å². The van der Waals surface area contributed by atoms with Gasteiger partial charge < -0.3 is 4.74 Å². The van der Waals surface area contributed by atoms with E-state index in [2.05, 4.69) is 0 Å². The Balaban J connectivity index is 2.36. The highest BCUT2D eigenvalue weighted by Gasteiger charge is 2.21. The monoisotopic (exact) mass is 312 g/mol. The molecule has 0 unspecified atom stereocenters. The van der Waals surface area contributed by atoms with Gasteiger partial charge in [0.2, 0.25) is 0 Å². The largest absolute Gasteiger partial charge is 0.451 e. The number of halogens is 4. The van der Waals surface area contributed by atoms with Crippen LogP contribution < -0.4 is 4.74 Å². The zero-order valence-electron chi connectivity index (χ0n) is 12.5. The highest BCUT2D eigenvalue weighted by Crippen LogP contribution is 2.33. The number of benzene rings is 2. The molecule has 0 atom stereocenters. The lowest BCUT2D eigenvalue weighted by Crippen LogP contribution is -2.12. The van der Waals surface area contributed by atoms with Crippen LogP contribution in [-0.4, -0.2) is 0 Å². The number of rotatable bonds is 3. The molecule has 0 aliphatic carbocycles. The summed E-state index contributed by atoms with van der Waals surface area (Å²) >= 11 is 0. The second-order valence-electron chi connectivity index (χ2n) is 5.99. The van der Waals surface area contributed by atoms with Gasteiger partial charge in [0, 0.05) is 5.56 Å². The zero-order chi connectivity index (χ0) is 16.5. The molecule has 0 saturated carbocycles. The third-order valence-corrected chi connectivity index (χ3v) is 3.19. The van der Waals surface area contributed by atoms with Crippen LogP contribution in [-0.2, 0) is 5.41 Å². The van der Waals surface area contributed by atoms with Crippen molar-refractivity contribution in [1.82, 2.24) is 0 Å². The van der Waals surface area contributed by atoms with Crippen LogP contribution in [0.1, 0.15) is 38.3 Å². The molecule has 0 radical (unpaired) electrons. The molecular weight excluding hydrogens is 296 g/mol. The highest BCUT2D eigenvalue weighted by molar-refractivity contribution is 5.39. The van der Waals surface area contributed by atoms with Gasteiger partial charge >= 0.3 is 0 Å². The van der Waals surface area contributed by atoms with E-state index in [1.54, 1.807) is 0 Å².